The molecule has 16 aromatic carbocycles. The molecule has 0 bridgehead atoms. The molecule has 1 aliphatic rings. The Morgan fingerprint density at radius 1 is 0.159 bits per heavy atom. The van der Waals surface area contributed by atoms with Crippen molar-refractivity contribution in [2.24, 2.45) is 0 Å². The zero-order valence-corrected chi connectivity index (χ0v) is 47.7. The predicted octanol–water partition coefficient (Wildman–Crippen LogP) is 24.6. The number of hydrogen-bond acceptors (Lipinski definition) is 2. The summed E-state index contributed by atoms with van der Waals surface area (Å²) in [5.41, 5.74) is 25.0. The van der Waals surface area contributed by atoms with E-state index < -0.39 is 0 Å². The van der Waals surface area contributed by atoms with E-state index in [4.69, 9.17) is 8.83 Å². The van der Waals surface area contributed by atoms with Gasteiger partial charge in [-0.25, -0.2) is 0 Å². The minimum atomic E-state index is 0.863. The third-order valence-electron chi connectivity index (χ3n) is 18.9. The van der Waals surface area contributed by atoms with E-state index in [9.17, 15) is 0 Å². The van der Waals surface area contributed by atoms with Crippen molar-refractivity contribution >= 4 is 97.7 Å². The molecule has 2 heteroatoms. The minimum Gasteiger partial charge on any atom is -0.456 e. The van der Waals surface area contributed by atoms with Crippen molar-refractivity contribution < 1.29 is 8.83 Å². The van der Waals surface area contributed by atoms with Crippen LogP contribution in [0, 0.1) is 0 Å². The fraction of sp³-hybridized carbons (Fsp3) is 0. The highest BCUT2D eigenvalue weighted by Gasteiger charge is 2.25. The number of fused-ring (bicyclic) bond motifs is 14. The summed E-state index contributed by atoms with van der Waals surface area (Å²) in [6.07, 6.45) is 0. The molecule has 0 saturated carbocycles. The molecule has 0 N–H and O–H groups in total. The highest BCUT2D eigenvalue weighted by atomic mass is 16.3. The fourth-order valence-electron chi connectivity index (χ4n) is 14.6. The number of para-hydroxylation sites is 2. The highest BCUT2D eigenvalue weighted by Crippen LogP contribution is 2.52. The van der Waals surface area contributed by atoms with Crippen molar-refractivity contribution in [3.63, 3.8) is 0 Å². The van der Waals surface area contributed by atoms with E-state index in [0.29, 0.717) is 0 Å². The van der Waals surface area contributed by atoms with E-state index in [1.807, 2.05) is 12.1 Å². The quantitative estimate of drug-likeness (QED) is 0.149. The lowest BCUT2D eigenvalue weighted by Crippen LogP contribution is -1.88. The van der Waals surface area contributed by atoms with Gasteiger partial charge >= 0.3 is 0 Å². The second-order valence-electron chi connectivity index (χ2n) is 23.9. The standard InChI is InChI=1S/C86H50O2/c1-2-13-54-41-57(28-25-51(54)11-1)59-32-31-58-42-56(29-30-60(58)43-59)55-15-7-16-63(44-55)68-37-38-76-78-50-64(33-36-72(78)75-22-10-21-74(68)85(75)76)71-20-9-23-77-80-49-62(35-40-83(80)88-86(71)77)66-45-65(61-34-39-82-79(48-61)73-18-5-6-24-81(73)87-82)46-67(47-66)70-19-8-14-53-27-26-52-12-3-4-17-69(52)84(53)70/h1-50H. The molecule has 0 saturated heterocycles. The van der Waals surface area contributed by atoms with Crippen molar-refractivity contribution in [2.45, 2.75) is 0 Å². The van der Waals surface area contributed by atoms with Crippen molar-refractivity contribution in [1.29, 1.82) is 0 Å². The van der Waals surface area contributed by atoms with Crippen LogP contribution in [0.25, 0.3) is 198 Å². The molecule has 0 radical (unpaired) electrons. The molecule has 88 heavy (non-hydrogen) atoms. The van der Waals surface area contributed by atoms with Crippen LogP contribution in [0.3, 0.4) is 0 Å². The Morgan fingerprint density at radius 3 is 1.41 bits per heavy atom. The van der Waals surface area contributed by atoms with Crippen LogP contribution in [0.1, 0.15) is 0 Å². The van der Waals surface area contributed by atoms with Gasteiger partial charge < -0.3 is 8.83 Å². The normalized spacial score (nSPS) is 12.1. The lowest BCUT2D eigenvalue weighted by atomic mass is 9.89. The van der Waals surface area contributed by atoms with Crippen LogP contribution >= 0.6 is 0 Å². The smallest absolute Gasteiger partial charge is 0.143 e. The maximum atomic E-state index is 6.96. The van der Waals surface area contributed by atoms with Crippen LogP contribution in [0.2, 0.25) is 0 Å². The molecule has 0 aliphatic heterocycles. The van der Waals surface area contributed by atoms with E-state index >= 15 is 0 Å². The van der Waals surface area contributed by atoms with Crippen molar-refractivity contribution in [3.05, 3.63) is 303 Å². The van der Waals surface area contributed by atoms with E-state index in [1.54, 1.807) is 0 Å². The monoisotopic (exact) mass is 1110 g/mol. The third kappa shape index (κ3) is 7.62. The Kier molecular flexibility index (Phi) is 10.5. The number of hydrogen-bond donors (Lipinski definition) is 0. The first-order chi connectivity index (χ1) is 43.5. The van der Waals surface area contributed by atoms with E-state index in [2.05, 4.69) is 291 Å². The Hall–Kier alpha value is -11.6. The maximum Gasteiger partial charge on any atom is 0.143 e. The van der Waals surface area contributed by atoms with E-state index in [0.717, 1.165) is 82.8 Å². The first-order valence-electron chi connectivity index (χ1n) is 30.3. The average molecular weight is 1120 g/mol. The summed E-state index contributed by atoms with van der Waals surface area (Å²) in [7, 11) is 0. The van der Waals surface area contributed by atoms with Gasteiger partial charge in [-0.3, -0.25) is 0 Å². The second-order valence-corrected chi connectivity index (χ2v) is 23.9. The van der Waals surface area contributed by atoms with Gasteiger partial charge in [0.25, 0.3) is 0 Å². The molecule has 2 aromatic heterocycles. The molecule has 18 aromatic rings. The van der Waals surface area contributed by atoms with Gasteiger partial charge in [-0.05, 0) is 227 Å². The second kappa shape index (κ2) is 19.0. The molecule has 2 nitrogen and oxygen atoms in total. The summed E-state index contributed by atoms with van der Waals surface area (Å²) in [5.74, 6) is 0. The van der Waals surface area contributed by atoms with Gasteiger partial charge in [0.05, 0.1) is 0 Å². The Bertz CT molecular complexity index is 6010. The van der Waals surface area contributed by atoms with Gasteiger partial charge in [0, 0.05) is 27.1 Å². The number of benzene rings is 16. The largest absolute Gasteiger partial charge is 0.456 e. The molecule has 406 valence electrons. The van der Waals surface area contributed by atoms with Crippen molar-refractivity contribution in [2.75, 3.05) is 0 Å². The minimum absolute atomic E-state index is 0.863. The van der Waals surface area contributed by atoms with Gasteiger partial charge in [0.15, 0.2) is 0 Å². The summed E-state index contributed by atoms with van der Waals surface area (Å²) in [5, 5.41) is 16.9. The molecule has 0 spiro atoms. The molecular formula is C86H50O2. The van der Waals surface area contributed by atoms with Crippen LogP contribution in [0.4, 0.5) is 0 Å². The van der Waals surface area contributed by atoms with Crippen molar-refractivity contribution in [3.8, 4) is 100 Å². The fourth-order valence-corrected chi connectivity index (χ4v) is 14.6. The summed E-state index contributed by atoms with van der Waals surface area (Å²) < 4.78 is 13.3. The Balaban J connectivity index is 0.677. The first-order valence-corrected chi connectivity index (χ1v) is 30.3. The van der Waals surface area contributed by atoms with Gasteiger partial charge in [-0.15, -0.1) is 0 Å². The first kappa shape index (κ1) is 48.8. The van der Waals surface area contributed by atoms with Gasteiger partial charge in [0.1, 0.15) is 22.3 Å². The number of furan rings is 2. The topological polar surface area (TPSA) is 26.3 Å². The van der Waals surface area contributed by atoms with Crippen molar-refractivity contribution in [1.82, 2.24) is 0 Å². The predicted molar refractivity (Wildman–Crippen MR) is 371 cm³/mol. The van der Waals surface area contributed by atoms with Crippen LogP contribution in [0.15, 0.2) is 312 Å². The summed E-state index contributed by atoms with van der Waals surface area (Å²) in [4.78, 5) is 0. The van der Waals surface area contributed by atoms with Crippen LogP contribution in [-0.4, -0.2) is 0 Å². The third-order valence-corrected chi connectivity index (χ3v) is 18.9. The lowest BCUT2D eigenvalue weighted by molar-refractivity contribution is 0.669. The zero-order chi connectivity index (χ0) is 57.6. The van der Waals surface area contributed by atoms with Crippen LogP contribution in [-0.2, 0) is 0 Å². The summed E-state index contributed by atoms with van der Waals surface area (Å²) in [6, 6.07) is 112. The Morgan fingerprint density at radius 2 is 0.614 bits per heavy atom. The molecule has 1 aliphatic carbocycles. The lowest BCUT2D eigenvalue weighted by Gasteiger charge is -2.15. The van der Waals surface area contributed by atoms with Gasteiger partial charge in [0.2, 0.25) is 0 Å². The molecule has 19 rings (SSSR count). The molecule has 0 unspecified atom stereocenters. The molecule has 0 atom stereocenters. The van der Waals surface area contributed by atoms with Gasteiger partial charge in [-0.1, -0.05) is 224 Å². The maximum absolute atomic E-state index is 6.96. The van der Waals surface area contributed by atoms with Gasteiger partial charge in [-0.2, -0.15) is 0 Å². The molecule has 2 heterocycles. The molecule has 0 amide bonds. The van der Waals surface area contributed by atoms with E-state index in [-0.39, 0.29) is 0 Å². The summed E-state index contributed by atoms with van der Waals surface area (Å²) in [6.45, 7) is 0. The van der Waals surface area contributed by atoms with E-state index in [1.165, 1.54) is 115 Å². The average Bonchev–Trinajstić information content (AvgIpc) is 1.75. The molecule has 0 fully saturated rings. The van der Waals surface area contributed by atoms with Crippen LogP contribution < -0.4 is 0 Å². The van der Waals surface area contributed by atoms with Crippen LogP contribution in [0.5, 0.6) is 0 Å². The Labute approximate surface area is 507 Å². The highest BCUT2D eigenvalue weighted by molar-refractivity contribution is 6.20. The number of rotatable bonds is 7. The zero-order valence-electron chi connectivity index (χ0n) is 47.7. The molecular weight excluding hydrogens is 1060 g/mol. The summed E-state index contributed by atoms with van der Waals surface area (Å²) >= 11 is 0. The SMILES string of the molecule is c1cc(-c2ccc3cc(-c4ccc5ccccc5c4)ccc3c2)cc(-c2ccc3c4c(cccc24)-c2ccc(-c4cccc5c4oc4ccc(-c6cc(-c7ccc8oc9ccccc9c8c7)cc(-c7cccc8ccc9ccccc9c78)c6)cc45)cc2-3)c1.